The van der Waals surface area contributed by atoms with Crippen LogP contribution in [0.1, 0.15) is 5.69 Å². The van der Waals surface area contributed by atoms with Gasteiger partial charge in [-0.15, -0.1) is 0 Å². The van der Waals surface area contributed by atoms with Crippen molar-refractivity contribution in [1.29, 1.82) is 0 Å². The van der Waals surface area contributed by atoms with Gasteiger partial charge in [0.05, 0.1) is 5.69 Å². The predicted octanol–water partition coefficient (Wildman–Crippen LogP) is 2.68. The average molecular weight is 241 g/mol. The summed E-state index contributed by atoms with van der Waals surface area (Å²) in [5, 5.41) is 1.04. The second-order valence-electron chi connectivity index (χ2n) is 3.20. The van der Waals surface area contributed by atoms with Crippen LogP contribution in [0.4, 0.5) is 13.8 Å². The summed E-state index contributed by atoms with van der Waals surface area (Å²) in [5.41, 5.74) is 3.27. The minimum atomic E-state index is -0.501. The monoisotopic (exact) mass is 241 g/mol. The number of thiazole rings is 1. The van der Waals surface area contributed by atoms with Crippen molar-refractivity contribution in [2.75, 3.05) is 5.43 Å². The van der Waals surface area contributed by atoms with E-state index in [4.69, 9.17) is 5.84 Å². The largest absolute Gasteiger partial charge is 0.314 e. The smallest absolute Gasteiger partial charge is 0.133 e. The molecule has 0 aliphatic heterocycles. The highest BCUT2D eigenvalue weighted by Gasteiger charge is 2.13. The molecule has 0 saturated heterocycles. The molecule has 16 heavy (non-hydrogen) atoms. The number of anilines is 1. The van der Waals surface area contributed by atoms with Gasteiger partial charge < -0.3 is 5.43 Å². The van der Waals surface area contributed by atoms with E-state index >= 15 is 0 Å². The van der Waals surface area contributed by atoms with Gasteiger partial charge in [0.1, 0.15) is 21.6 Å². The molecule has 0 atom stereocenters. The zero-order valence-corrected chi connectivity index (χ0v) is 9.24. The van der Waals surface area contributed by atoms with Gasteiger partial charge in [0, 0.05) is 5.56 Å². The van der Waals surface area contributed by atoms with Crippen molar-refractivity contribution in [2.24, 2.45) is 5.84 Å². The van der Waals surface area contributed by atoms with Gasteiger partial charge >= 0.3 is 0 Å². The molecule has 0 bridgehead atoms. The van der Waals surface area contributed by atoms with E-state index in [2.05, 4.69) is 10.4 Å². The van der Waals surface area contributed by atoms with Crippen LogP contribution in [0.2, 0.25) is 0 Å². The number of aryl methyl sites for hydroxylation is 1. The Balaban J connectivity index is 2.53. The standard InChI is InChI=1S/C10H9F2N3S/c1-5-9(15-13)16-10(14-5)7-4-6(11)2-3-8(7)12/h2-4,15H,13H2,1H3. The van der Waals surface area contributed by atoms with E-state index < -0.39 is 11.6 Å². The van der Waals surface area contributed by atoms with Crippen LogP contribution < -0.4 is 11.3 Å². The second-order valence-corrected chi connectivity index (χ2v) is 4.20. The molecule has 0 amide bonds. The van der Waals surface area contributed by atoms with Gasteiger partial charge in [-0.05, 0) is 25.1 Å². The van der Waals surface area contributed by atoms with E-state index in [-0.39, 0.29) is 5.56 Å². The molecule has 0 fully saturated rings. The Morgan fingerprint density at radius 3 is 2.75 bits per heavy atom. The lowest BCUT2D eigenvalue weighted by molar-refractivity contribution is 0.603. The van der Waals surface area contributed by atoms with Crippen molar-refractivity contribution >= 4 is 16.3 Å². The third-order valence-corrected chi connectivity index (χ3v) is 3.21. The van der Waals surface area contributed by atoms with Crippen LogP contribution in [-0.2, 0) is 0 Å². The Kier molecular flexibility index (Phi) is 2.84. The minimum Gasteiger partial charge on any atom is -0.314 e. The Morgan fingerprint density at radius 2 is 2.12 bits per heavy atom. The molecule has 0 aliphatic rings. The summed E-state index contributed by atoms with van der Waals surface area (Å²) >= 11 is 1.18. The molecular weight excluding hydrogens is 232 g/mol. The van der Waals surface area contributed by atoms with E-state index in [9.17, 15) is 8.78 Å². The lowest BCUT2D eigenvalue weighted by atomic mass is 10.2. The number of nitrogen functional groups attached to an aromatic ring is 1. The molecular formula is C10H9F2N3S. The van der Waals surface area contributed by atoms with E-state index in [1.165, 1.54) is 11.3 Å². The fourth-order valence-corrected chi connectivity index (χ4v) is 2.20. The van der Waals surface area contributed by atoms with E-state index in [0.717, 1.165) is 18.2 Å². The predicted molar refractivity (Wildman–Crippen MR) is 60.0 cm³/mol. The van der Waals surface area contributed by atoms with Gasteiger partial charge in [0.15, 0.2) is 0 Å². The van der Waals surface area contributed by atoms with Gasteiger partial charge in [-0.3, -0.25) is 0 Å². The molecule has 1 aromatic heterocycles. The lowest BCUT2D eigenvalue weighted by Crippen LogP contribution is -2.05. The Labute approximate surface area is 94.9 Å². The molecule has 0 aliphatic carbocycles. The number of halogens is 2. The number of benzene rings is 1. The number of aromatic nitrogens is 1. The topological polar surface area (TPSA) is 50.9 Å². The molecule has 2 aromatic rings. The van der Waals surface area contributed by atoms with Gasteiger partial charge in [-0.1, -0.05) is 11.3 Å². The van der Waals surface area contributed by atoms with Crippen molar-refractivity contribution in [2.45, 2.75) is 6.92 Å². The first-order valence-electron chi connectivity index (χ1n) is 4.51. The quantitative estimate of drug-likeness (QED) is 0.627. The Morgan fingerprint density at radius 1 is 1.38 bits per heavy atom. The molecule has 0 unspecified atom stereocenters. The van der Waals surface area contributed by atoms with Gasteiger partial charge in [0.25, 0.3) is 0 Å². The average Bonchev–Trinajstić information content (AvgIpc) is 2.63. The van der Waals surface area contributed by atoms with Crippen LogP contribution in [0, 0.1) is 18.6 Å². The number of hydrazine groups is 1. The van der Waals surface area contributed by atoms with Crippen molar-refractivity contribution in [3.63, 3.8) is 0 Å². The number of hydrogen-bond donors (Lipinski definition) is 2. The van der Waals surface area contributed by atoms with Crippen molar-refractivity contribution in [3.05, 3.63) is 35.5 Å². The third-order valence-electron chi connectivity index (χ3n) is 2.09. The SMILES string of the molecule is Cc1nc(-c2cc(F)ccc2F)sc1NN. The molecule has 0 spiro atoms. The number of rotatable bonds is 2. The molecule has 1 aromatic carbocycles. The molecule has 0 saturated carbocycles. The summed E-state index contributed by atoms with van der Waals surface area (Å²) < 4.78 is 26.4. The zero-order chi connectivity index (χ0) is 11.7. The normalized spacial score (nSPS) is 10.5. The summed E-state index contributed by atoms with van der Waals surface area (Å²) in [7, 11) is 0. The first-order chi connectivity index (χ1) is 7.61. The molecule has 3 N–H and O–H groups in total. The maximum Gasteiger partial charge on any atom is 0.133 e. The summed E-state index contributed by atoms with van der Waals surface area (Å²) in [6.07, 6.45) is 0. The van der Waals surface area contributed by atoms with Crippen LogP contribution >= 0.6 is 11.3 Å². The first kappa shape index (κ1) is 11.0. The van der Waals surface area contributed by atoms with Crippen molar-refractivity contribution < 1.29 is 8.78 Å². The molecule has 6 heteroatoms. The number of nitrogens with one attached hydrogen (secondary N) is 1. The van der Waals surface area contributed by atoms with Crippen molar-refractivity contribution in [1.82, 2.24) is 4.98 Å². The number of nitrogens with two attached hydrogens (primary N) is 1. The van der Waals surface area contributed by atoms with Crippen molar-refractivity contribution in [3.8, 4) is 10.6 Å². The van der Waals surface area contributed by atoms with E-state index in [0.29, 0.717) is 15.7 Å². The van der Waals surface area contributed by atoms with Crippen LogP contribution in [0.3, 0.4) is 0 Å². The number of hydrogen-bond acceptors (Lipinski definition) is 4. The maximum atomic E-state index is 13.4. The maximum absolute atomic E-state index is 13.4. The van der Waals surface area contributed by atoms with Crippen LogP contribution in [0.5, 0.6) is 0 Å². The first-order valence-corrected chi connectivity index (χ1v) is 5.33. The Hall–Kier alpha value is -1.53. The second kappa shape index (κ2) is 4.15. The van der Waals surface area contributed by atoms with E-state index in [1.807, 2.05) is 0 Å². The zero-order valence-electron chi connectivity index (χ0n) is 8.42. The summed E-state index contributed by atoms with van der Waals surface area (Å²) in [6, 6.07) is 3.27. The van der Waals surface area contributed by atoms with Crippen LogP contribution in [-0.4, -0.2) is 4.98 Å². The molecule has 1 heterocycles. The van der Waals surface area contributed by atoms with E-state index in [1.54, 1.807) is 6.92 Å². The minimum absolute atomic E-state index is 0.148. The fourth-order valence-electron chi connectivity index (χ4n) is 1.31. The summed E-state index contributed by atoms with van der Waals surface area (Å²) in [4.78, 5) is 4.12. The molecule has 3 nitrogen and oxygen atoms in total. The Bertz CT molecular complexity index is 525. The van der Waals surface area contributed by atoms with Gasteiger partial charge in [-0.2, -0.15) is 0 Å². The summed E-state index contributed by atoms with van der Waals surface area (Å²) in [5.74, 6) is 4.27. The van der Waals surface area contributed by atoms with Gasteiger partial charge in [0.2, 0.25) is 0 Å². The van der Waals surface area contributed by atoms with Crippen LogP contribution in [0.15, 0.2) is 18.2 Å². The lowest BCUT2D eigenvalue weighted by Gasteiger charge is -1.98. The fraction of sp³-hybridized carbons (Fsp3) is 0.100. The summed E-state index contributed by atoms with van der Waals surface area (Å²) in [6.45, 7) is 1.74. The highest BCUT2D eigenvalue weighted by Crippen LogP contribution is 2.32. The molecule has 0 radical (unpaired) electrons. The molecule has 84 valence electrons. The van der Waals surface area contributed by atoms with Crippen LogP contribution in [0.25, 0.3) is 10.6 Å². The number of nitrogens with zero attached hydrogens (tertiary/aromatic N) is 1. The highest BCUT2D eigenvalue weighted by atomic mass is 32.1. The molecule has 2 rings (SSSR count). The van der Waals surface area contributed by atoms with Gasteiger partial charge in [-0.25, -0.2) is 19.6 Å². The highest BCUT2D eigenvalue weighted by molar-refractivity contribution is 7.19. The third kappa shape index (κ3) is 1.89.